The van der Waals surface area contributed by atoms with Crippen LogP contribution in [0.5, 0.6) is 0 Å². The zero-order chi connectivity index (χ0) is 33.2. The Morgan fingerprint density at radius 1 is 0.543 bits per heavy atom. The van der Waals surface area contributed by atoms with Crippen LogP contribution in [-0.4, -0.2) is 44.5 Å². The molecule has 1 aliphatic carbocycles. The number of unbranched alkanes of at least 4 members (excludes halogenated alkanes) is 19. The lowest BCUT2D eigenvalue weighted by molar-refractivity contribution is -0.235. The summed E-state index contributed by atoms with van der Waals surface area (Å²) in [6.07, 6.45) is 50.3. The van der Waals surface area contributed by atoms with Crippen LogP contribution < -0.4 is 0 Å². The van der Waals surface area contributed by atoms with Crippen molar-refractivity contribution in [2.45, 2.75) is 199 Å². The molecule has 0 heterocycles. The second-order valence-electron chi connectivity index (χ2n) is 14.6. The molecule has 0 radical (unpaired) electrons. The van der Waals surface area contributed by atoms with E-state index in [2.05, 4.69) is 69.3 Å². The van der Waals surface area contributed by atoms with Gasteiger partial charge < -0.3 is 14.4 Å². The number of hydrogen-bond donors (Lipinski definition) is 0. The fourth-order valence-corrected chi connectivity index (χ4v) is 6.66. The largest absolute Gasteiger partial charge is 0.350 e. The van der Waals surface area contributed by atoms with Crippen molar-refractivity contribution in [1.82, 2.24) is 4.90 Å². The van der Waals surface area contributed by atoms with Crippen LogP contribution in [0.3, 0.4) is 0 Å². The van der Waals surface area contributed by atoms with Gasteiger partial charge in [-0.15, -0.1) is 0 Å². The predicted octanol–water partition coefficient (Wildman–Crippen LogP) is 13.5. The number of ether oxygens (including phenoxy) is 2. The molecule has 0 spiro atoms. The summed E-state index contributed by atoms with van der Waals surface area (Å²) < 4.78 is 13.2. The van der Waals surface area contributed by atoms with Crippen molar-refractivity contribution in [3.63, 3.8) is 0 Å². The molecule has 2 unspecified atom stereocenters. The average molecular weight is 644 g/mol. The molecule has 0 aromatic rings. The summed E-state index contributed by atoms with van der Waals surface area (Å²) in [5.74, 6) is 0.431. The highest BCUT2D eigenvalue weighted by Gasteiger charge is 2.40. The third-order valence-electron chi connectivity index (χ3n) is 9.75. The SMILES string of the molecule is CCCCC/C=C\C/C=C\CCCCCCCOC1(OCCCCCCCCCC/C=C\CCCCC)CCC(CCN(C)C)C1. The molecule has 0 bridgehead atoms. The number of hydrogen-bond acceptors (Lipinski definition) is 3. The first kappa shape index (κ1) is 43.1. The molecule has 1 aliphatic rings. The molecule has 1 rings (SSSR count). The van der Waals surface area contributed by atoms with Crippen LogP contribution in [0.4, 0.5) is 0 Å². The summed E-state index contributed by atoms with van der Waals surface area (Å²) in [7, 11) is 4.38. The fourth-order valence-electron chi connectivity index (χ4n) is 6.66. The summed E-state index contributed by atoms with van der Waals surface area (Å²) in [5, 5.41) is 0. The molecule has 0 N–H and O–H groups in total. The van der Waals surface area contributed by atoms with E-state index in [-0.39, 0.29) is 5.79 Å². The van der Waals surface area contributed by atoms with Crippen molar-refractivity contribution in [3.05, 3.63) is 36.5 Å². The van der Waals surface area contributed by atoms with E-state index in [9.17, 15) is 0 Å². The molecule has 2 atom stereocenters. The van der Waals surface area contributed by atoms with Gasteiger partial charge in [-0.1, -0.05) is 134 Å². The van der Waals surface area contributed by atoms with Crippen molar-refractivity contribution in [1.29, 1.82) is 0 Å². The number of rotatable bonds is 34. The van der Waals surface area contributed by atoms with Gasteiger partial charge in [0.25, 0.3) is 0 Å². The minimum absolute atomic E-state index is 0.309. The lowest BCUT2D eigenvalue weighted by Crippen LogP contribution is -2.34. The van der Waals surface area contributed by atoms with Crippen molar-refractivity contribution < 1.29 is 9.47 Å². The Bertz CT molecular complexity index is 714. The maximum Gasteiger partial charge on any atom is 0.168 e. The van der Waals surface area contributed by atoms with Gasteiger partial charge in [0, 0.05) is 12.8 Å². The average Bonchev–Trinajstić information content (AvgIpc) is 3.46. The summed E-state index contributed by atoms with van der Waals surface area (Å²) in [6, 6.07) is 0. The maximum absolute atomic E-state index is 6.61. The minimum atomic E-state index is -0.309. The van der Waals surface area contributed by atoms with Crippen LogP contribution in [0.15, 0.2) is 36.5 Å². The Morgan fingerprint density at radius 2 is 0.957 bits per heavy atom. The number of allylic oxidation sites excluding steroid dienone is 6. The summed E-state index contributed by atoms with van der Waals surface area (Å²) in [5.41, 5.74) is 0. The Kier molecular flexibility index (Phi) is 30.6. The van der Waals surface area contributed by atoms with Crippen LogP contribution in [0.1, 0.15) is 194 Å². The molecule has 0 aromatic carbocycles. The first-order chi connectivity index (χ1) is 22.6. The third kappa shape index (κ3) is 27.1. The topological polar surface area (TPSA) is 21.7 Å². The Labute approximate surface area is 289 Å². The highest BCUT2D eigenvalue weighted by Crippen LogP contribution is 2.40. The Balaban J connectivity index is 2.13. The highest BCUT2D eigenvalue weighted by molar-refractivity contribution is 4.92. The molecule has 1 fully saturated rings. The Morgan fingerprint density at radius 3 is 1.41 bits per heavy atom. The van der Waals surface area contributed by atoms with E-state index in [4.69, 9.17) is 9.47 Å². The molecule has 0 aromatic heterocycles. The first-order valence-electron chi connectivity index (χ1n) is 20.5. The quantitative estimate of drug-likeness (QED) is 0.0395. The fraction of sp³-hybridized carbons (Fsp3) is 0.860. The van der Waals surface area contributed by atoms with Gasteiger partial charge in [-0.05, 0) is 110 Å². The van der Waals surface area contributed by atoms with Gasteiger partial charge >= 0.3 is 0 Å². The van der Waals surface area contributed by atoms with Gasteiger partial charge in [0.1, 0.15) is 0 Å². The molecule has 270 valence electrons. The second kappa shape index (κ2) is 32.6. The summed E-state index contributed by atoms with van der Waals surface area (Å²) in [4.78, 5) is 2.32. The maximum atomic E-state index is 6.61. The minimum Gasteiger partial charge on any atom is -0.350 e. The normalized spacial score (nSPS) is 18.8. The second-order valence-corrected chi connectivity index (χ2v) is 14.6. The highest BCUT2D eigenvalue weighted by atomic mass is 16.7. The third-order valence-corrected chi connectivity index (χ3v) is 9.75. The van der Waals surface area contributed by atoms with Crippen LogP contribution in [0, 0.1) is 5.92 Å². The number of nitrogens with zero attached hydrogens (tertiary/aromatic N) is 1. The van der Waals surface area contributed by atoms with E-state index in [1.165, 1.54) is 167 Å². The van der Waals surface area contributed by atoms with E-state index in [1.54, 1.807) is 0 Å². The van der Waals surface area contributed by atoms with Gasteiger partial charge in [0.15, 0.2) is 5.79 Å². The molecular weight excluding hydrogens is 562 g/mol. The van der Waals surface area contributed by atoms with Crippen LogP contribution in [0.25, 0.3) is 0 Å². The molecule has 0 amide bonds. The van der Waals surface area contributed by atoms with E-state index in [0.717, 1.165) is 38.4 Å². The van der Waals surface area contributed by atoms with Gasteiger partial charge in [-0.3, -0.25) is 0 Å². The molecular formula is C43H81NO2. The summed E-state index contributed by atoms with van der Waals surface area (Å²) >= 11 is 0. The van der Waals surface area contributed by atoms with Crippen LogP contribution in [0.2, 0.25) is 0 Å². The molecule has 0 aliphatic heterocycles. The van der Waals surface area contributed by atoms with Gasteiger partial charge in [-0.2, -0.15) is 0 Å². The predicted molar refractivity (Wildman–Crippen MR) is 205 cm³/mol. The van der Waals surface area contributed by atoms with Crippen LogP contribution in [-0.2, 0) is 9.47 Å². The standard InChI is InChI=1S/C43H81NO2/c1-5-7-9-11-13-15-17-19-21-23-25-27-29-31-33-39-45-43(37-35-42(41-43)36-38-44(3)4)46-40-34-32-30-28-26-24-22-20-18-16-14-12-10-8-6-2/h13-16,19,21,42H,5-12,17-18,20,22-41H2,1-4H3/b15-13-,16-14-,21-19-. The van der Waals surface area contributed by atoms with E-state index < -0.39 is 0 Å². The molecule has 3 heteroatoms. The molecule has 3 nitrogen and oxygen atoms in total. The van der Waals surface area contributed by atoms with E-state index in [0.29, 0.717) is 0 Å². The zero-order valence-corrected chi connectivity index (χ0v) is 31.7. The first-order valence-corrected chi connectivity index (χ1v) is 20.5. The monoisotopic (exact) mass is 644 g/mol. The van der Waals surface area contributed by atoms with Crippen molar-refractivity contribution in [2.75, 3.05) is 33.9 Å². The smallest absolute Gasteiger partial charge is 0.168 e. The van der Waals surface area contributed by atoms with Crippen molar-refractivity contribution in [2.24, 2.45) is 5.92 Å². The van der Waals surface area contributed by atoms with Gasteiger partial charge in [-0.25, -0.2) is 0 Å². The van der Waals surface area contributed by atoms with E-state index in [1.807, 2.05) is 0 Å². The van der Waals surface area contributed by atoms with Crippen molar-refractivity contribution in [3.8, 4) is 0 Å². The van der Waals surface area contributed by atoms with E-state index >= 15 is 0 Å². The molecule has 0 saturated heterocycles. The zero-order valence-electron chi connectivity index (χ0n) is 31.7. The Hall–Kier alpha value is -0.900. The molecule has 46 heavy (non-hydrogen) atoms. The lowest BCUT2D eigenvalue weighted by Gasteiger charge is -2.30. The summed E-state index contributed by atoms with van der Waals surface area (Å²) in [6.45, 7) is 7.45. The van der Waals surface area contributed by atoms with Gasteiger partial charge in [0.2, 0.25) is 0 Å². The van der Waals surface area contributed by atoms with Gasteiger partial charge in [0.05, 0.1) is 13.2 Å². The van der Waals surface area contributed by atoms with Crippen LogP contribution >= 0.6 is 0 Å². The molecule has 1 saturated carbocycles. The lowest BCUT2D eigenvalue weighted by atomic mass is 10.0. The van der Waals surface area contributed by atoms with Crippen molar-refractivity contribution >= 4 is 0 Å².